The number of benzene rings is 1. The maximum atomic E-state index is 12.4. The first-order valence-corrected chi connectivity index (χ1v) is 4.10. The predicted octanol–water partition coefficient (Wildman–Crippen LogP) is -1.37. The largest absolute Gasteiger partial charge is 1.00 e. The quantitative estimate of drug-likeness (QED) is 0.560. The Hall–Kier alpha value is 0.181. The molecule has 7 heteroatoms. The molecule has 0 unspecified atom stereocenters. The predicted molar refractivity (Wildman–Crippen MR) is 49.4 cm³/mol. The Morgan fingerprint density at radius 2 is 1.93 bits per heavy atom. The van der Waals surface area contributed by atoms with E-state index in [1.807, 2.05) is 0 Å². The number of halogens is 3. The van der Waals surface area contributed by atoms with E-state index in [2.05, 4.69) is 5.10 Å². The molecule has 0 spiro atoms. The summed E-state index contributed by atoms with van der Waals surface area (Å²) in [5, 5.41) is 4.59. The maximum Gasteiger partial charge on any atom is 1.00 e. The number of nitrogens with zero attached hydrogens (tertiary/aromatic N) is 2. The number of fused-ring (bicyclic) bond motifs is 1. The molecule has 0 atom stereocenters. The molecule has 2 rings (SSSR count). The van der Waals surface area contributed by atoms with Gasteiger partial charge < -0.3 is 12.9 Å². The van der Waals surface area contributed by atoms with E-state index in [0.717, 1.165) is 17.5 Å². The van der Waals surface area contributed by atoms with Crippen molar-refractivity contribution in [3.63, 3.8) is 0 Å². The molecule has 0 amide bonds. The molecular weight excluding hydrogens is 231 g/mol. The van der Waals surface area contributed by atoms with Crippen LogP contribution in [0.3, 0.4) is 0 Å². The Morgan fingerprint density at radius 1 is 1.27 bits per heavy atom. The standard InChI is InChI=1S/C8H7BF3N2.K/c1-14-8-4-7(9(10,11)12)3-2-6(8)5-13-14;/h2-5H,1H3;/q-1;+1. The topological polar surface area (TPSA) is 17.8 Å². The summed E-state index contributed by atoms with van der Waals surface area (Å²) in [5.41, 5.74) is -0.0807. The fourth-order valence-corrected chi connectivity index (χ4v) is 1.36. The second kappa shape index (κ2) is 4.59. The zero-order valence-corrected chi connectivity index (χ0v) is 11.5. The third-order valence-electron chi connectivity index (χ3n) is 2.15. The summed E-state index contributed by atoms with van der Waals surface area (Å²) >= 11 is 0. The summed E-state index contributed by atoms with van der Waals surface area (Å²) in [4.78, 5) is 0. The number of aryl methyl sites for hydroxylation is 1. The van der Waals surface area contributed by atoms with Crippen LogP contribution in [-0.4, -0.2) is 16.8 Å². The molecule has 1 aromatic carbocycles. The number of rotatable bonds is 1. The van der Waals surface area contributed by atoms with Gasteiger partial charge in [-0.05, 0) is 0 Å². The summed E-state index contributed by atoms with van der Waals surface area (Å²) in [6.07, 6.45) is 1.54. The summed E-state index contributed by atoms with van der Waals surface area (Å²) < 4.78 is 38.6. The van der Waals surface area contributed by atoms with Crippen molar-refractivity contribution < 1.29 is 64.3 Å². The van der Waals surface area contributed by atoms with Gasteiger partial charge in [0.25, 0.3) is 0 Å². The van der Waals surface area contributed by atoms with Gasteiger partial charge >= 0.3 is 58.4 Å². The fourth-order valence-electron chi connectivity index (χ4n) is 1.36. The van der Waals surface area contributed by atoms with Crippen LogP contribution in [0.4, 0.5) is 12.9 Å². The van der Waals surface area contributed by atoms with Gasteiger partial charge in [-0.3, -0.25) is 4.68 Å². The summed E-state index contributed by atoms with van der Waals surface area (Å²) in [6, 6.07) is 3.65. The zero-order valence-electron chi connectivity index (χ0n) is 8.42. The Labute approximate surface area is 127 Å². The van der Waals surface area contributed by atoms with Crippen LogP contribution < -0.4 is 56.8 Å². The van der Waals surface area contributed by atoms with Gasteiger partial charge in [0.15, 0.2) is 0 Å². The number of hydrogen-bond acceptors (Lipinski definition) is 1. The van der Waals surface area contributed by atoms with Crippen LogP contribution in [0.15, 0.2) is 24.4 Å². The van der Waals surface area contributed by atoms with Crippen molar-refractivity contribution in [2.24, 2.45) is 7.05 Å². The molecule has 0 N–H and O–H groups in total. The molecule has 1 heterocycles. The summed E-state index contributed by atoms with van der Waals surface area (Å²) in [5.74, 6) is 0. The maximum absolute atomic E-state index is 12.4. The third kappa shape index (κ3) is 2.65. The monoisotopic (exact) mass is 238 g/mol. The van der Waals surface area contributed by atoms with Gasteiger partial charge in [-0.15, -0.1) is 5.46 Å². The smallest absolute Gasteiger partial charge is 0.445 e. The molecule has 0 fully saturated rings. The van der Waals surface area contributed by atoms with E-state index in [0.29, 0.717) is 5.52 Å². The molecule has 0 saturated heterocycles. The van der Waals surface area contributed by atoms with E-state index in [-0.39, 0.29) is 51.4 Å². The van der Waals surface area contributed by atoms with Crippen molar-refractivity contribution in [2.45, 2.75) is 0 Å². The van der Waals surface area contributed by atoms with Crippen molar-refractivity contribution in [3.8, 4) is 0 Å². The minimum atomic E-state index is -4.92. The molecule has 0 saturated carbocycles. The van der Waals surface area contributed by atoms with E-state index in [1.165, 1.54) is 10.7 Å². The first-order valence-electron chi connectivity index (χ1n) is 4.10. The molecule has 0 aliphatic carbocycles. The Bertz CT molecular complexity index is 480. The normalized spacial score (nSPS) is 11.5. The summed E-state index contributed by atoms with van der Waals surface area (Å²) in [6.45, 7) is -4.92. The average Bonchev–Trinajstić information content (AvgIpc) is 2.46. The SMILES string of the molecule is Cn1ncc2ccc([B-](F)(F)F)cc21.[K+]. The second-order valence-corrected chi connectivity index (χ2v) is 3.16. The van der Waals surface area contributed by atoms with Crippen molar-refractivity contribution in [1.29, 1.82) is 0 Å². The van der Waals surface area contributed by atoms with Gasteiger partial charge in [0.2, 0.25) is 0 Å². The van der Waals surface area contributed by atoms with Gasteiger partial charge in [0.05, 0.1) is 11.7 Å². The number of aromatic nitrogens is 2. The molecule has 0 bridgehead atoms. The molecule has 0 aliphatic heterocycles. The number of hydrogen-bond donors (Lipinski definition) is 0. The minimum absolute atomic E-state index is 0. The molecular formula is C8H7BF3KN2. The first kappa shape index (κ1) is 13.2. The molecule has 0 aliphatic rings. The van der Waals surface area contributed by atoms with Crippen LogP contribution in [0.2, 0.25) is 0 Å². The van der Waals surface area contributed by atoms with Gasteiger partial charge in [0, 0.05) is 12.4 Å². The van der Waals surface area contributed by atoms with E-state index in [9.17, 15) is 12.9 Å². The Morgan fingerprint density at radius 3 is 2.53 bits per heavy atom. The third-order valence-corrected chi connectivity index (χ3v) is 2.15. The van der Waals surface area contributed by atoms with Crippen LogP contribution in [0.1, 0.15) is 0 Å². The Balaban J connectivity index is 0.00000112. The van der Waals surface area contributed by atoms with Crippen molar-refractivity contribution in [1.82, 2.24) is 9.78 Å². The van der Waals surface area contributed by atoms with Crippen LogP contribution in [0, 0.1) is 0 Å². The minimum Gasteiger partial charge on any atom is -0.445 e. The van der Waals surface area contributed by atoms with Gasteiger partial charge in [0.1, 0.15) is 0 Å². The molecule has 1 aromatic heterocycles. The first-order chi connectivity index (χ1) is 6.48. The fraction of sp³-hybridized carbons (Fsp3) is 0.125. The van der Waals surface area contributed by atoms with Gasteiger partial charge in [-0.25, -0.2) is 0 Å². The van der Waals surface area contributed by atoms with E-state index in [4.69, 9.17) is 0 Å². The van der Waals surface area contributed by atoms with Crippen LogP contribution in [0.5, 0.6) is 0 Å². The second-order valence-electron chi connectivity index (χ2n) is 3.16. The van der Waals surface area contributed by atoms with E-state index >= 15 is 0 Å². The van der Waals surface area contributed by atoms with Crippen molar-refractivity contribution in [2.75, 3.05) is 0 Å². The molecule has 15 heavy (non-hydrogen) atoms. The van der Waals surface area contributed by atoms with E-state index < -0.39 is 12.4 Å². The van der Waals surface area contributed by atoms with Gasteiger partial charge in [-0.1, -0.05) is 18.2 Å². The van der Waals surface area contributed by atoms with Crippen molar-refractivity contribution >= 4 is 23.3 Å². The van der Waals surface area contributed by atoms with Crippen LogP contribution >= 0.6 is 0 Å². The molecule has 0 radical (unpaired) electrons. The molecule has 74 valence electrons. The van der Waals surface area contributed by atoms with Crippen molar-refractivity contribution in [3.05, 3.63) is 24.4 Å². The van der Waals surface area contributed by atoms with Crippen LogP contribution in [0.25, 0.3) is 10.9 Å². The van der Waals surface area contributed by atoms with Gasteiger partial charge in [-0.2, -0.15) is 5.10 Å². The van der Waals surface area contributed by atoms with Crippen LogP contribution in [-0.2, 0) is 7.05 Å². The zero-order chi connectivity index (χ0) is 10.3. The summed E-state index contributed by atoms with van der Waals surface area (Å²) in [7, 11) is 1.62. The van der Waals surface area contributed by atoms with E-state index in [1.54, 1.807) is 13.2 Å². The average molecular weight is 238 g/mol. The Kier molecular flexibility index (Phi) is 4.05. The molecule has 2 aromatic rings. The molecule has 2 nitrogen and oxygen atoms in total.